The van der Waals surface area contributed by atoms with E-state index in [0.717, 1.165) is 36.8 Å². The van der Waals surface area contributed by atoms with Crippen molar-refractivity contribution in [2.45, 2.75) is 78.4 Å². The Morgan fingerprint density at radius 1 is 0.781 bits per heavy atom. The summed E-state index contributed by atoms with van der Waals surface area (Å²) in [5.41, 5.74) is 2.35. The Morgan fingerprint density at radius 3 is 1.47 bits per heavy atom. The van der Waals surface area contributed by atoms with E-state index in [2.05, 4.69) is 39.2 Å². The maximum absolute atomic E-state index is 12.2. The second-order valence-corrected chi connectivity index (χ2v) is 11.8. The minimum absolute atomic E-state index is 0.272. The number of rotatable bonds is 0. The summed E-state index contributed by atoms with van der Waals surface area (Å²) in [5, 5.41) is 21.0. The van der Waals surface area contributed by atoms with E-state index in [1.54, 1.807) is 0 Å². The van der Waals surface area contributed by atoms with Crippen LogP contribution in [0.15, 0.2) is 47.6 Å². The first-order valence-electron chi connectivity index (χ1n) is 12.0. The molecule has 2 spiro atoms. The Hall–Kier alpha value is -1.78. The van der Waals surface area contributed by atoms with Crippen LogP contribution in [0.1, 0.15) is 66.2 Å². The van der Waals surface area contributed by atoms with Crippen LogP contribution < -0.4 is 0 Å². The van der Waals surface area contributed by atoms with Crippen molar-refractivity contribution in [2.75, 3.05) is 0 Å². The van der Waals surface area contributed by atoms with E-state index in [0.29, 0.717) is 24.7 Å². The lowest BCUT2D eigenvalue weighted by molar-refractivity contribution is -0.148. The van der Waals surface area contributed by atoms with E-state index >= 15 is 0 Å². The number of hydrogen-bond donors (Lipinski definition) is 2. The predicted octanol–water partition coefficient (Wildman–Crippen LogP) is 4.48. The molecule has 0 amide bonds. The molecule has 6 saturated carbocycles. The normalized spacial score (nSPS) is 50.6. The summed E-state index contributed by atoms with van der Waals surface area (Å²) in [5.74, 6) is 1.42. The van der Waals surface area contributed by atoms with Crippen LogP contribution in [0.25, 0.3) is 0 Å². The highest BCUT2D eigenvalue weighted by Crippen LogP contribution is 2.67. The van der Waals surface area contributed by atoms with E-state index in [4.69, 9.17) is 0 Å². The highest BCUT2D eigenvalue weighted by molar-refractivity contribution is 5.92. The summed E-state index contributed by atoms with van der Waals surface area (Å²) in [6.07, 6.45) is 8.15. The Labute approximate surface area is 191 Å². The third-order valence-corrected chi connectivity index (χ3v) is 10.8. The number of ketones is 2. The topological polar surface area (TPSA) is 74.6 Å². The fourth-order valence-electron chi connectivity index (χ4n) is 8.23. The van der Waals surface area contributed by atoms with Crippen LogP contribution in [0.5, 0.6) is 0 Å². The lowest BCUT2D eigenvalue weighted by Gasteiger charge is -2.58. The molecule has 8 atom stereocenters. The van der Waals surface area contributed by atoms with Gasteiger partial charge in [0.25, 0.3) is 0 Å². The first-order valence-corrected chi connectivity index (χ1v) is 12.0. The summed E-state index contributed by atoms with van der Waals surface area (Å²) >= 11 is 0. The summed E-state index contributed by atoms with van der Waals surface area (Å²) in [6.45, 7) is 16.0. The maximum atomic E-state index is 12.2. The number of hydrogen-bond acceptors (Lipinski definition) is 4. The van der Waals surface area contributed by atoms with E-state index in [-0.39, 0.29) is 22.4 Å². The molecule has 172 valence electrons. The summed E-state index contributed by atoms with van der Waals surface area (Å²) in [4.78, 5) is 24.4. The average molecular weight is 437 g/mol. The fraction of sp³-hybridized carbons (Fsp3) is 0.643. The Bertz CT molecular complexity index is 950. The molecule has 0 radical (unpaired) electrons. The Morgan fingerprint density at radius 2 is 1.12 bits per heavy atom. The van der Waals surface area contributed by atoms with Crippen LogP contribution in [0.2, 0.25) is 0 Å². The number of aliphatic hydroxyl groups is 2. The number of Topliss-reactive ketones (excluding diaryl/α,β-unsaturated/α-hetero) is 2. The molecule has 4 heteroatoms. The first kappa shape index (κ1) is 22.0. The average Bonchev–Trinajstić information content (AvgIpc) is 3.23. The zero-order valence-corrected chi connectivity index (χ0v) is 19.8. The molecule has 8 rings (SSSR count). The molecule has 0 aromatic heterocycles. The largest absolute Gasteiger partial charge is 0.388 e. The predicted molar refractivity (Wildman–Crippen MR) is 124 cm³/mol. The van der Waals surface area contributed by atoms with Gasteiger partial charge in [0.2, 0.25) is 0 Å². The maximum Gasteiger partial charge on any atom is 0.143 e. The molecule has 4 bridgehead atoms. The second kappa shape index (κ2) is 6.42. The molecule has 0 aromatic rings. The van der Waals surface area contributed by atoms with E-state index < -0.39 is 23.0 Å². The number of carbonyl (C=O) groups is 2. The monoisotopic (exact) mass is 436 g/mol. The molecule has 0 heterocycles. The van der Waals surface area contributed by atoms with Gasteiger partial charge in [-0.05, 0) is 76.4 Å². The van der Waals surface area contributed by atoms with Gasteiger partial charge in [-0.1, -0.05) is 36.5 Å². The van der Waals surface area contributed by atoms with Gasteiger partial charge in [0.15, 0.2) is 0 Å². The molecule has 6 fully saturated rings. The fourth-order valence-corrected chi connectivity index (χ4v) is 8.23. The zero-order chi connectivity index (χ0) is 23.4. The van der Waals surface area contributed by atoms with Gasteiger partial charge in [-0.25, -0.2) is 0 Å². The van der Waals surface area contributed by atoms with Crippen molar-refractivity contribution in [3.05, 3.63) is 47.6 Å². The highest BCUT2D eigenvalue weighted by atomic mass is 16.3. The molecule has 4 nitrogen and oxygen atoms in total. The number of aliphatic hydroxyl groups excluding tert-OH is 2. The summed E-state index contributed by atoms with van der Waals surface area (Å²) in [7, 11) is 0. The van der Waals surface area contributed by atoms with Crippen LogP contribution >= 0.6 is 0 Å². The molecule has 0 saturated heterocycles. The van der Waals surface area contributed by atoms with Crippen molar-refractivity contribution in [3.8, 4) is 0 Å². The number of allylic oxidation sites excluding steroid dienone is 2. The number of carbonyl (C=O) groups excluding carboxylic acids is 2. The Balaban J connectivity index is 0.000000135. The van der Waals surface area contributed by atoms with Crippen LogP contribution in [0, 0.1) is 33.5 Å². The van der Waals surface area contributed by atoms with Gasteiger partial charge >= 0.3 is 0 Å². The van der Waals surface area contributed by atoms with Gasteiger partial charge in [-0.15, -0.1) is 0 Å². The van der Waals surface area contributed by atoms with Gasteiger partial charge in [-0.3, -0.25) is 9.59 Å². The van der Waals surface area contributed by atoms with Gasteiger partial charge < -0.3 is 10.2 Å². The standard InChI is InChI=1S/2C14H18O2/c2*1-8-4-5-10-6-13(3)9(2)12(16)14(8,10)7-11(13)15/h2*4,10,12,16H,2,5-7H2,1,3H3/t2*10-,12-,13+,14+/m11/s1. The third kappa shape index (κ3) is 2.26. The summed E-state index contributed by atoms with van der Waals surface area (Å²) in [6, 6.07) is 0. The molecule has 2 N–H and O–H groups in total. The molecule has 0 aliphatic heterocycles. The lowest BCUT2D eigenvalue weighted by atomic mass is 9.46. The van der Waals surface area contributed by atoms with Crippen LogP contribution in [0.4, 0.5) is 0 Å². The van der Waals surface area contributed by atoms with Crippen LogP contribution in [-0.4, -0.2) is 34.0 Å². The van der Waals surface area contributed by atoms with Crippen molar-refractivity contribution in [1.29, 1.82) is 0 Å². The van der Waals surface area contributed by atoms with Gasteiger partial charge in [0.05, 0.1) is 12.2 Å². The van der Waals surface area contributed by atoms with Crippen molar-refractivity contribution in [2.24, 2.45) is 33.5 Å². The molecule has 8 aliphatic rings. The molecular weight excluding hydrogens is 400 g/mol. The first-order chi connectivity index (χ1) is 14.9. The molecule has 0 aromatic carbocycles. The van der Waals surface area contributed by atoms with Crippen molar-refractivity contribution >= 4 is 11.6 Å². The minimum atomic E-state index is -0.521. The molecular formula is C28H36O4. The van der Waals surface area contributed by atoms with Crippen LogP contribution in [-0.2, 0) is 9.59 Å². The van der Waals surface area contributed by atoms with E-state index in [1.165, 1.54) is 11.1 Å². The Kier molecular flexibility index (Phi) is 4.42. The zero-order valence-electron chi connectivity index (χ0n) is 19.8. The molecule has 32 heavy (non-hydrogen) atoms. The second-order valence-electron chi connectivity index (χ2n) is 11.8. The van der Waals surface area contributed by atoms with Gasteiger partial charge in [0.1, 0.15) is 11.6 Å². The highest BCUT2D eigenvalue weighted by Gasteiger charge is 2.66. The van der Waals surface area contributed by atoms with Crippen molar-refractivity contribution < 1.29 is 19.8 Å². The minimum Gasteiger partial charge on any atom is -0.388 e. The van der Waals surface area contributed by atoms with Crippen molar-refractivity contribution in [1.82, 2.24) is 0 Å². The summed E-state index contributed by atoms with van der Waals surface area (Å²) < 4.78 is 0. The van der Waals surface area contributed by atoms with E-state index in [1.807, 2.05) is 13.8 Å². The van der Waals surface area contributed by atoms with Crippen LogP contribution in [0.3, 0.4) is 0 Å². The van der Waals surface area contributed by atoms with E-state index in [9.17, 15) is 19.8 Å². The lowest BCUT2D eigenvalue weighted by Crippen LogP contribution is -2.60. The quantitative estimate of drug-likeness (QED) is 0.549. The van der Waals surface area contributed by atoms with Gasteiger partial charge in [-0.2, -0.15) is 0 Å². The molecule has 8 aliphatic carbocycles. The smallest absolute Gasteiger partial charge is 0.143 e. The van der Waals surface area contributed by atoms with Crippen molar-refractivity contribution in [3.63, 3.8) is 0 Å². The molecule has 0 unspecified atom stereocenters. The van der Waals surface area contributed by atoms with Gasteiger partial charge in [0, 0.05) is 34.5 Å². The SMILES string of the molecule is C=C1[C@@H](O)[C@]23CC(=O)[C@@]1(C)C[C@H]2CC=C3C.C=C1[C@@H](O)[C@]23CC(=O)[C@@]1(C)C[C@H]2CC=C3C. The number of fused-ring (bicyclic) bond motifs is 4. The third-order valence-electron chi connectivity index (χ3n) is 10.8.